The minimum Gasteiger partial charge on any atom is -0.677 e. The van der Waals surface area contributed by atoms with E-state index in [1.807, 2.05) is 0 Å². The summed E-state index contributed by atoms with van der Waals surface area (Å²) >= 11 is 0. The molecule has 3 N–H and O–H groups in total. The Kier molecular flexibility index (Phi) is 11.0. The van der Waals surface area contributed by atoms with E-state index in [-0.39, 0.29) is 64.4 Å². The van der Waals surface area contributed by atoms with Gasteiger partial charge in [0.15, 0.2) is 0 Å². The maximum Gasteiger partial charge on any atom is 1.00 e. The van der Waals surface area contributed by atoms with Gasteiger partial charge in [0.25, 0.3) is 0 Å². The van der Waals surface area contributed by atoms with Crippen LogP contribution in [0.4, 0.5) is 0 Å². The Hall–Kier alpha value is 1.07. The number of primary amides is 1. The van der Waals surface area contributed by atoms with Crippen LogP contribution in [0.2, 0.25) is 0 Å². The van der Waals surface area contributed by atoms with Crippen molar-refractivity contribution in [1.29, 1.82) is 0 Å². The molecule has 0 aliphatic heterocycles. The van der Waals surface area contributed by atoms with Crippen molar-refractivity contribution in [2.45, 2.75) is 6.42 Å². The molecule has 0 unspecified atom stereocenters. The molecule has 0 rings (SSSR count). The maximum absolute atomic E-state index is 9.70. The molecular weight excluding hydrogens is 119 g/mol. The van der Waals surface area contributed by atoms with Crippen molar-refractivity contribution in [3.8, 4) is 0 Å². The number of nitrogens with one attached hydrogen (secondary N) is 1. The standard InChI is InChI=1S/C3H7N2O.K/c4-2-1-3(5)6;/h4H,1-2H2,(H2,5,6);/q-1;+1. The minimum absolute atomic E-state index is 0. The molecule has 0 fully saturated rings. The number of hydrogen-bond acceptors (Lipinski definition) is 1. The molecule has 0 aromatic rings. The molecule has 0 heterocycles. The van der Waals surface area contributed by atoms with Gasteiger partial charge in [-0.1, -0.05) is 0 Å². The van der Waals surface area contributed by atoms with Crippen molar-refractivity contribution >= 4 is 5.91 Å². The van der Waals surface area contributed by atoms with Crippen LogP contribution < -0.4 is 57.1 Å². The van der Waals surface area contributed by atoms with Crippen molar-refractivity contribution in [2.75, 3.05) is 6.54 Å². The van der Waals surface area contributed by atoms with E-state index >= 15 is 0 Å². The molecule has 0 bridgehead atoms. The number of carbonyl (C=O) groups excluding carboxylic acids is 1. The van der Waals surface area contributed by atoms with Crippen LogP contribution in [0.1, 0.15) is 6.42 Å². The fourth-order valence-corrected chi connectivity index (χ4v) is 0.123. The predicted octanol–water partition coefficient (Wildman–Crippen LogP) is -3.08. The second-order valence-electron chi connectivity index (χ2n) is 0.966. The van der Waals surface area contributed by atoms with Gasteiger partial charge in [0.05, 0.1) is 0 Å². The Morgan fingerprint density at radius 1 is 1.71 bits per heavy atom. The summed E-state index contributed by atoms with van der Waals surface area (Å²) in [7, 11) is 0. The van der Waals surface area contributed by atoms with Gasteiger partial charge in [-0.05, 0) is 0 Å². The predicted molar refractivity (Wildman–Crippen MR) is 23.0 cm³/mol. The fourth-order valence-electron chi connectivity index (χ4n) is 0.123. The van der Waals surface area contributed by atoms with Crippen molar-refractivity contribution in [2.24, 2.45) is 5.73 Å². The first-order chi connectivity index (χ1) is 2.77. The van der Waals surface area contributed by atoms with Gasteiger partial charge in [0.1, 0.15) is 0 Å². The summed E-state index contributed by atoms with van der Waals surface area (Å²) in [6, 6.07) is 0. The summed E-state index contributed by atoms with van der Waals surface area (Å²) in [5.74, 6) is -0.398. The van der Waals surface area contributed by atoms with E-state index in [2.05, 4.69) is 5.73 Å². The van der Waals surface area contributed by atoms with Crippen LogP contribution in [0.5, 0.6) is 0 Å². The monoisotopic (exact) mass is 126 g/mol. The van der Waals surface area contributed by atoms with Crippen LogP contribution in [-0.4, -0.2) is 12.5 Å². The Morgan fingerprint density at radius 2 is 2.14 bits per heavy atom. The third-order valence-electron chi connectivity index (χ3n) is 0.371. The van der Waals surface area contributed by atoms with Crippen LogP contribution in [0, 0.1) is 0 Å². The first-order valence-corrected chi connectivity index (χ1v) is 1.70. The zero-order valence-electron chi connectivity index (χ0n) is 4.40. The molecule has 4 heteroatoms. The molecule has 0 atom stereocenters. The van der Waals surface area contributed by atoms with Crippen LogP contribution in [0.25, 0.3) is 5.73 Å². The SMILES string of the molecule is [K+].[NH-]CCC(N)=O. The van der Waals surface area contributed by atoms with Gasteiger partial charge < -0.3 is 11.5 Å². The summed E-state index contributed by atoms with van der Waals surface area (Å²) in [5, 5.41) is 0. The summed E-state index contributed by atoms with van der Waals surface area (Å²) in [5.41, 5.74) is 11.1. The largest absolute Gasteiger partial charge is 1.00 e. The molecule has 0 saturated carbocycles. The number of nitrogens with two attached hydrogens (primary N) is 1. The molecule has 0 radical (unpaired) electrons. The van der Waals surface area contributed by atoms with E-state index in [0.29, 0.717) is 0 Å². The number of carbonyl (C=O) groups is 1. The van der Waals surface area contributed by atoms with Gasteiger partial charge in [0, 0.05) is 6.42 Å². The van der Waals surface area contributed by atoms with Crippen LogP contribution in [0.15, 0.2) is 0 Å². The summed E-state index contributed by atoms with van der Waals surface area (Å²) < 4.78 is 0. The second kappa shape index (κ2) is 7.07. The minimum atomic E-state index is -0.398. The van der Waals surface area contributed by atoms with E-state index < -0.39 is 5.91 Å². The van der Waals surface area contributed by atoms with Gasteiger partial charge in [-0.3, -0.25) is 4.79 Å². The third kappa shape index (κ3) is 11.0. The van der Waals surface area contributed by atoms with Gasteiger partial charge >= 0.3 is 51.4 Å². The first kappa shape index (κ1) is 10.9. The molecule has 0 aromatic heterocycles. The Morgan fingerprint density at radius 3 is 2.14 bits per heavy atom. The summed E-state index contributed by atoms with van der Waals surface area (Å²) in [4.78, 5) is 9.70. The molecule has 0 aromatic carbocycles. The summed E-state index contributed by atoms with van der Waals surface area (Å²) in [6.07, 6.45) is 0.181. The van der Waals surface area contributed by atoms with Crippen molar-refractivity contribution in [3.05, 3.63) is 5.73 Å². The molecule has 0 spiro atoms. The van der Waals surface area contributed by atoms with E-state index in [4.69, 9.17) is 5.73 Å². The Bertz CT molecular complexity index is 56.9. The molecular formula is C3H7KN2O. The van der Waals surface area contributed by atoms with E-state index in [1.54, 1.807) is 0 Å². The smallest absolute Gasteiger partial charge is 0.677 e. The fraction of sp³-hybridized carbons (Fsp3) is 0.667. The Balaban J connectivity index is 0. The molecule has 0 aliphatic rings. The quantitative estimate of drug-likeness (QED) is 0.392. The topological polar surface area (TPSA) is 66.9 Å². The Labute approximate surface area is 85.2 Å². The van der Waals surface area contributed by atoms with Crippen LogP contribution in [0.3, 0.4) is 0 Å². The molecule has 36 valence electrons. The van der Waals surface area contributed by atoms with E-state index in [1.165, 1.54) is 0 Å². The van der Waals surface area contributed by atoms with Gasteiger partial charge in [-0.2, -0.15) is 0 Å². The molecule has 1 amide bonds. The number of rotatable bonds is 2. The van der Waals surface area contributed by atoms with Crippen molar-refractivity contribution in [1.82, 2.24) is 0 Å². The van der Waals surface area contributed by atoms with Crippen LogP contribution >= 0.6 is 0 Å². The molecule has 0 aliphatic carbocycles. The normalized spacial score (nSPS) is 7.00. The molecule has 7 heavy (non-hydrogen) atoms. The van der Waals surface area contributed by atoms with Gasteiger partial charge in [-0.15, -0.1) is 6.54 Å². The van der Waals surface area contributed by atoms with Crippen molar-refractivity contribution < 1.29 is 56.2 Å². The summed E-state index contributed by atoms with van der Waals surface area (Å²) in [6.45, 7) is 0.106. The van der Waals surface area contributed by atoms with Crippen LogP contribution in [-0.2, 0) is 4.79 Å². The average molecular weight is 126 g/mol. The van der Waals surface area contributed by atoms with Gasteiger partial charge in [0.2, 0.25) is 5.91 Å². The third-order valence-corrected chi connectivity index (χ3v) is 0.371. The van der Waals surface area contributed by atoms with Crippen molar-refractivity contribution in [3.63, 3.8) is 0 Å². The van der Waals surface area contributed by atoms with Gasteiger partial charge in [-0.25, -0.2) is 0 Å². The number of amides is 1. The average Bonchev–Trinajstić information content (AvgIpc) is 1.35. The number of hydrogen-bond donors (Lipinski definition) is 1. The zero-order valence-corrected chi connectivity index (χ0v) is 7.52. The van der Waals surface area contributed by atoms with E-state index in [9.17, 15) is 4.79 Å². The first-order valence-electron chi connectivity index (χ1n) is 1.70. The zero-order chi connectivity index (χ0) is 4.99. The molecule has 3 nitrogen and oxygen atoms in total. The van der Waals surface area contributed by atoms with E-state index in [0.717, 1.165) is 0 Å². The maximum atomic E-state index is 9.70. The second-order valence-corrected chi connectivity index (χ2v) is 0.966. The molecule has 0 saturated heterocycles.